The number of rotatable bonds is 5. The molecule has 0 spiro atoms. The average Bonchev–Trinajstić information content (AvgIpc) is 3.05. The van der Waals surface area contributed by atoms with Crippen LogP contribution in [0.2, 0.25) is 0 Å². The lowest BCUT2D eigenvalue weighted by Gasteiger charge is -2.37. The number of hydrogen-bond donors (Lipinski definition) is 0. The van der Waals surface area contributed by atoms with E-state index < -0.39 is 13.6 Å². The maximum atomic E-state index is 15.0. The zero-order valence-electron chi connectivity index (χ0n) is 17.4. The highest BCUT2D eigenvalue weighted by molar-refractivity contribution is 7.57. The van der Waals surface area contributed by atoms with Gasteiger partial charge in [-0.05, 0) is 46.6 Å². The highest BCUT2D eigenvalue weighted by Crippen LogP contribution is 2.75. The summed E-state index contributed by atoms with van der Waals surface area (Å²) in [5.41, 5.74) is 0.882. The number of furan rings is 1. The Morgan fingerprint density at radius 3 is 2.14 bits per heavy atom. The number of esters is 1. The van der Waals surface area contributed by atoms with Crippen LogP contribution in [0.4, 0.5) is 0 Å². The third kappa shape index (κ3) is 2.82. The molecular weight excluding hydrogens is 377 g/mol. The van der Waals surface area contributed by atoms with E-state index in [2.05, 4.69) is 37.0 Å². The van der Waals surface area contributed by atoms with Gasteiger partial charge in [0.05, 0.1) is 25.7 Å². The lowest BCUT2D eigenvalue weighted by molar-refractivity contribution is -0.140. The third-order valence-corrected chi connectivity index (χ3v) is 10.3. The summed E-state index contributed by atoms with van der Waals surface area (Å²) in [7, 11) is -1.73. The molecule has 28 heavy (non-hydrogen) atoms. The minimum atomic E-state index is -3.13. The summed E-state index contributed by atoms with van der Waals surface area (Å²) < 4.78 is 31.7. The molecule has 1 aliphatic carbocycles. The van der Waals surface area contributed by atoms with Gasteiger partial charge >= 0.3 is 5.97 Å². The molecular formula is C20H32N3O4P. The molecule has 1 aromatic rings. The molecule has 1 unspecified atom stereocenters. The SMILES string of the molecule is COC(=O)[C@@H]1[C@H](c2ccoc2)N1P1(=O)N(C(C)C)[C@@H]2CCCC[C@H]2N1C(C)C. The lowest BCUT2D eigenvalue weighted by Crippen LogP contribution is -2.43. The van der Waals surface area contributed by atoms with Crippen molar-refractivity contribution in [1.82, 2.24) is 14.0 Å². The molecule has 3 fully saturated rings. The Kier molecular flexibility index (Phi) is 5.24. The number of fused-ring (bicyclic) bond motifs is 1. The summed E-state index contributed by atoms with van der Waals surface area (Å²) in [4.78, 5) is 12.6. The second-order valence-electron chi connectivity index (χ2n) is 8.73. The molecule has 7 nitrogen and oxygen atoms in total. The fourth-order valence-electron chi connectivity index (χ4n) is 5.50. The molecule has 0 radical (unpaired) electrons. The van der Waals surface area contributed by atoms with Crippen LogP contribution in [-0.2, 0) is 14.1 Å². The van der Waals surface area contributed by atoms with Crippen LogP contribution in [0.1, 0.15) is 65.0 Å². The van der Waals surface area contributed by atoms with Gasteiger partial charge < -0.3 is 9.15 Å². The monoisotopic (exact) mass is 409 g/mol. The van der Waals surface area contributed by atoms with Crippen molar-refractivity contribution in [3.05, 3.63) is 24.2 Å². The minimum absolute atomic E-state index is 0.129. The Morgan fingerprint density at radius 1 is 1.14 bits per heavy atom. The number of hydrogen-bond acceptors (Lipinski definition) is 4. The quantitative estimate of drug-likeness (QED) is 0.413. The second-order valence-corrected chi connectivity index (χ2v) is 11.1. The molecule has 4 rings (SSSR count). The van der Waals surface area contributed by atoms with Gasteiger partial charge in [0.15, 0.2) is 0 Å². The summed E-state index contributed by atoms with van der Waals surface area (Å²) >= 11 is 0. The Labute approximate surface area is 167 Å². The van der Waals surface area contributed by atoms with E-state index in [-0.39, 0.29) is 36.2 Å². The van der Waals surface area contributed by atoms with Gasteiger partial charge in [-0.25, -0.2) is 14.0 Å². The second kappa shape index (κ2) is 7.28. The highest BCUT2D eigenvalue weighted by atomic mass is 31.2. The van der Waals surface area contributed by atoms with Crippen LogP contribution in [0.5, 0.6) is 0 Å². The molecule has 0 bridgehead atoms. The molecule has 0 N–H and O–H groups in total. The van der Waals surface area contributed by atoms with E-state index in [1.54, 1.807) is 12.5 Å². The standard InChI is InChI=1S/C20H32N3O4P/c1-13(2)21-16-8-6-7-9-17(16)22(14(3)4)28(21,25)23-18(15-10-11-27-12-15)19(23)20(24)26-5/h10-14,16-19H,6-9H2,1-5H3/t16-,17-,18+,19+,23?/m1/s1. The van der Waals surface area contributed by atoms with Gasteiger partial charge in [0, 0.05) is 29.7 Å². The number of carbonyl (C=O) groups excluding carboxylic acids is 1. The van der Waals surface area contributed by atoms with Crippen LogP contribution in [0, 0.1) is 0 Å². The summed E-state index contributed by atoms with van der Waals surface area (Å²) in [6.45, 7) is 8.47. The highest BCUT2D eigenvalue weighted by Gasteiger charge is 2.71. The van der Waals surface area contributed by atoms with Gasteiger partial charge in [-0.15, -0.1) is 0 Å². The Bertz CT molecular complexity index is 738. The largest absolute Gasteiger partial charge is 0.472 e. The number of methoxy groups -OCH3 is 1. The zero-order chi connectivity index (χ0) is 20.2. The van der Waals surface area contributed by atoms with Crippen molar-refractivity contribution >= 4 is 13.6 Å². The molecule has 156 valence electrons. The molecule has 3 aliphatic rings. The molecule has 2 saturated heterocycles. The summed E-state index contributed by atoms with van der Waals surface area (Å²) in [5.74, 6) is -0.330. The molecule has 5 atom stereocenters. The van der Waals surface area contributed by atoms with Crippen LogP contribution in [0.25, 0.3) is 0 Å². The van der Waals surface area contributed by atoms with Crippen molar-refractivity contribution in [2.75, 3.05) is 7.11 Å². The maximum absolute atomic E-state index is 15.0. The van der Waals surface area contributed by atoms with E-state index in [4.69, 9.17) is 9.15 Å². The van der Waals surface area contributed by atoms with Crippen molar-refractivity contribution in [2.45, 2.75) is 89.6 Å². The van der Waals surface area contributed by atoms with Crippen LogP contribution in [0.15, 0.2) is 23.0 Å². The molecule has 3 heterocycles. The number of nitrogens with zero attached hydrogens (tertiary/aromatic N) is 3. The summed E-state index contributed by atoms with van der Waals surface area (Å²) in [6.07, 6.45) is 7.70. The van der Waals surface area contributed by atoms with E-state index in [9.17, 15) is 9.36 Å². The first-order valence-corrected chi connectivity index (χ1v) is 12.0. The number of carbonyl (C=O) groups is 1. The molecule has 2 aliphatic heterocycles. The van der Waals surface area contributed by atoms with Crippen molar-refractivity contribution in [3.63, 3.8) is 0 Å². The normalized spacial score (nSPS) is 35.3. The van der Waals surface area contributed by atoms with E-state index in [1.165, 1.54) is 20.0 Å². The van der Waals surface area contributed by atoms with Crippen LogP contribution in [0.3, 0.4) is 0 Å². The van der Waals surface area contributed by atoms with Crippen molar-refractivity contribution < 1.29 is 18.5 Å². The fraction of sp³-hybridized carbons (Fsp3) is 0.750. The third-order valence-electron chi connectivity index (χ3n) is 6.44. The number of ether oxygens (including phenoxy) is 1. The topological polar surface area (TPSA) is 66.0 Å². The minimum Gasteiger partial charge on any atom is -0.472 e. The van der Waals surface area contributed by atoms with Crippen LogP contribution >= 0.6 is 7.59 Å². The Hall–Kier alpha value is -1.14. The molecule has 0 aromatic carbocycles. The maximum Gasteiger partial charge on any atom is 0.325 e. The van der Waals surface area contributed by atoms with Crippen molar-refractivity contribution in [1.29, 1.82) is 0 Å². The smallest absolute Gasteiger partial charge is 0.325 e. The van der Waals surface area contributed by atoms with Gasteiger partial charge in [-0.3, -0.25) is 9.36 Å². The predicted molar refractivity (Wildman–Crippen MR) is 107 cm³/mol. The average molecular weight is 409 g/mol. The molecule has 1 aromatic heterocycles. The first-order chi connectivity index (χ1) is 13.3. The summed E-state index contributed by atoms with van der Waals surface area (Å²) in [5, 5.41) is 0. The van der Waals surface area contributed by atoms with Gasteiger partial charge in [-0.1, -0.05) is 12.8 Å². The molecule has 1 saturated carbocycles. The van der Waals surface area contributed by atoms with Gasteiger partial charge in [0.25, 0.3) is 7.59 Å². The van der Waals surface area contributed by atoms with Gasteiger partial charge in [0.2, 0.25) is 0 Å². The predicted octanol–water partition coefficient (Wildman–Crippen LogP) is 4.03. The van der Waals surface area contributed by atoms with E-state index in [0.717, 1.165) is 18.4 Å². The molecule has 8 heteroatoms. The first kappa shape index (κ1) is 20.1. The Balaban J connectivity index is 1.81. The first-order valence-electron chi connectivity index (χ1n) is 10.4. The van der Waals surface area contributed by atoms with Gasteiger partial charge in [0.1, 0.15) is 6.04 Å². The fourth-order valence-corrected chi connectivity index (χ4v) is 9.80. The van der Waals surface area contributed by atoms with Crippen LogP contribution in [-0.4, -0.2) is 57.3 Å². The van der Waals surface area contributed by atoms with Crippen molar-refractivity contribution in [2.24, 2.45) is 0 Å². The van der Waals surface area contributed by atoms with Crippen LogP contribution < -0.4 is 0 Å². The van der Waals surface area contributed by atoms with Crippen molar-refractivity contribution in [3.8, 4) is 0 Å². The lowest BCUT2D eigenvalue weighted by atomic mass is 9.89. The molecule has 0 amide bonds. The van der Waals surface area contributed by atoms with E-state index >= 15 is 0 Å². The van der Waals surface area contributed by atoms with Gasteiger partial charge in [-0.2, -0.15) is 0 Å². The van der Waals surface area contributed by atoms with E-state index in [1.807, 2.05) is 10.7 Å². The summed E-state index contributed by atoms with van der Waals surface area (Å²) in [6, 6.07) is 1.86. The Morgan fingerprint density at radius 2 is 1.71 bits per heavy atom. The zero-order valence-corrected chi connectivity index (χ0v) is 18.3. The van der Waals surface area contributed by atoms with E-state index in [0.29, 0.717) is 0 Å².